The average Bonchev–Trinajstić information content (AvgIpc) is 3.51. The summed E-state index contributed by atoms with van der Waals surface area (Å²) in [5, 5.41) is 4.89. The van der Waals surface area contributed by atoms with E-state index in [1.165, 1.54) is 43.8 Å². The molecule has 44 heavy (non-hydrogen) atoms. The standard InChI is InChI=1S/C40H30N4/c1-24-6-12-35-31(18-24)32-19-25(2)7-13-36(32)43(35)39-22-28(41-5)10-11-29(39)30-16-17-42-23-40(30)44-37-14-8-26(3)20-33(37)34-21-27(4)9-15-38(34)44/h6-23H,1-4H3. The number of aryl methyl sites for hydroxylation is 4. The van der Waals surface area contributed by atoms with Gasteiger partial charge in [-0.15, -0.1) is 0 Å². The minimum atomic E-state index is 0.608. The summed E-state index contributed by atoms with van der Waals surface area (Å²) < 4.78 is 4.67. The zero-order valence-corrected chi connectivity index (χ0v) is 25.2. The van der Waals surface area contributed by atoms with E-state index < -0.39 is 0 Å². The zero-order valence-electron chi connectivity index (χ0n) is 25.2. The molecular formula is C40H30N4. The van der Waals surface area contributed by atoms with Crippen LogP contribution in [0.25, 0.3) is 71.0 Å². The molecule has 3 heterocycles. The van der Waals surface area contributed by atoms with E-state index in [0.29, 0.717) is 5.69 Å². The molecule has 4 nitrogen and oxygen atoms in total. The lowest BCUT2D eigenvalue weighted by Crippen LogP contribution is -2.02. The van der Waals surface area contributed by atoms with Gasteiger partial charge in [-0.1, -0.05) is 58.7 Å². The molecule has 0 aliphatic heterocycles. The number of pyridine rings is 1. The van der Waals surface area contributed by atoms with Gasteiger partial charge in [0.25, 0.3) is 0 Å². The molecule has 0 aliphatic rings. The lowest BCUT2D eigenvalue weighted by Gasteiger charge is -2.18. The van der Waals surface area contributed by atoms with Crippen molar-refractivity contribution in [3.8, 4) is 22.5 Å². The van der Waals surface area contributed by atoms with Crippen molar-refractivity contribution in [1.29, 1.82) is 0 Å². The molecule has 3 aromatic heterocycles. The van der Waals surface area contributed by atoms with Gasteiger partial charge in [0, 0.05) is 44.6 Å². The Morgan fingerprint density at radius 3 is 1.39 bits per heavy atom. The van der Waals surface area contributed by atoms with Crippen LogP contribution in [0.15, 0.2) is 109 Å². The third kappa shape index (κ3) is 3.87. The summed E-state index contributed by atoms with van der Waals surface area (Å²) in [4.78, 5) is 8.50. The third-order valence-electron chi connectivity index (χ3n) is 8.83. The molecule has 0 spiro atoms. The molecule has 4 heteroatoms. The second-order valence-electron chi connectivity index (χ2n) is 12.0. The molecule has 5 aromatic carbocycles. The Labute approximate surface area is 256 Å². The van der Waals surface area contributed by atoms with Gasteiger partial charge in [0.15, 0.2) is 5.69 Å². The van der Waals surface area contributed by atoms with Crippen LogP contribution in [0, 0.1) is 34.3 Å². The smallest absolute Gasteiger partial charge is 0.189 e. The Morgan fingerprint density at radius 1 is 0.500 bits per heavy atom. The van der Waals surface area contributed by atoms with Gasteiger partial charge in [0.1, 0.15) is 0 Å². The maximum atomic E-state index is 7.90. The lowest BCUT2D eigenvalue weighted by molar-refractivity contribution is 1.13. The molecule has 8 aromatic rings. The number of nitrogens with zero attached hydrogens (tertiary/aromatic N) is 4. The summed E-state index contributed by atoms with van der Waals surface area (Å²) in [6.45, 7) is 16.5. The zero-order chi connectivity index (χ0) is 30.1. The molecule has 0 atom stereocenters. The molecule has 0 saturated carbocycles. The van der Waals surface area contributed by atoms with Gasteiger partial charge in [-0.2, -0.15) is 0 Å². The third-order valence-corrected chi connectivity index (χ3v) is 8.83. The molecule has 0 bridgehead atoms. The van der Waals surface area contributed by atoms with Crippen molar-refractivity contribution in [3.05, 3.63) is 143 Å². The summed E-state index contributed by atoms with van der Waals surface area (Å²) in [6.07, 6.45) is 3.84. The normalized spacial score (nSPS) is 11.6. The van der Waals surface area contributed by atoms with Gasteiger partial charge in [0.05, 0.1) is 40.5 Å². The highest BCUT2D eigenvalue weighted by molar-refractivity contribution is 6.12. The van der Waals surface area contributed by atoms with Crippen LogP contribution in [0.5, 0.6) is 0 Å². The number of hydrogen-bond donors (Lipinski definition) is 0. The molecule has 210 valence electrons. The highest BCUT2D eigenvalue weighted by atomic mass is 15.0. The Bertz CT molecular complexity index is 2380. The number of hydrogen-bond acceptors (Lipinski definition) is 1. The van der Waals surface area contributed by atoms with E-state index in [1.807, 2.05) is 24.5 Å². The van der Waals surface area contributed by atoms with Crippen molar-refractivity contribution in [3.63, 3.8) is 0 Å². The number of rotatable bonds is 3. The molecule has 0 radical (unpaired) electrons. The minimum absolute atomic E-state index is 0.608. The van der Waals surface area contributed by atoms with Crippen LogP contribution in [0.2, 0.25) is 0 Å². The van der Waals surface area contributed by atoms with E-state index in [1.54, 1.807) is 0 Å². The quantitative estimate of drug-likeness (QED) is 0.195. The first-order valence-corrected chi connectivity index (χ1v) is 14.9. The Kier molecular flexibility index (Phi) is 5.73. The lowest BCUT2D eigenvalue weighted by atomic mass is 10.0. The van der Waals surface area contributed by atoms with Gasteiger partial charge < -0.3 is 9.13 Å². The second kappa shape index (κ2) is 9.69. The van der Waals surface area contributed by atoms with E-state index in [4.69, 9.17) is 6.57 Å². The summed E-state index contributed by atoms with van der Waals surface area (Å²) in [7, 11) is 0. The van der Waals surface area contributed by atoms with Crippen molar-refractivity contribution in [2.75, 3.05) is 0 Å². The van der Waals surface area contributed by atoms with Crippen LogP contribution >= 0.6 is 0 Å². The number of aromatic nitrogens is 3. The predicted octanol–water partition coefficient (Wildman–Crippen LogP) is 10.7. The fourth-order valence-electron chi connectivity index (χ4n) is 6.82. The van der Waals surface area contributed by atoms with Gasteiger partial charge >= 0.3 is 0 Å². The summed E-state index contributed by atoms with van der Waals surface area (Å²) in [5.41, 5.74) is 14.1. The van der Waals surface area contributed by atoms with Crippen LogP contribution in [-0.4, -0.2) is 14.1 Å². The van der Waals surface area contributed by atoms with E-state index in [2.05, 4.69) is 132 Å². The summed E-state index contributed by atoms with van der Waals surface area (Å²) in [6, 6.07) is 34.8. The SMILES string of the molecule is [C-]#[N+]c1ccc(-c2ccncc2-n2c3ccc(C)cc3c3cc(C)ccc32)c(-n2c3ccc(C)cc3c3cc(C)ccc32)c1. The van der Waals surface area contributed by atoms with Crippen LogP contribution in [0.3, 0.4) is 0 Å². The number of benzene rings is 5. The van der Waals surface area contributed by atoms with Crippen LogP contribution in [0.1, 0.15) is 22.3 Å². The first kappa shape index (κ1) is 26.0. The maximum absolute atomic E-state index is 7.90. The predicted molar refractivity (Wildman–Crippen MR) is 184 cm³/mol. The van der Waals surface area contributed by atoms with Crippen molar-refractivity contribution in [2.45, 2.75) is 27.7 Å². The molecule has 0 fully saturated rings. The van der Waals surface area contributed by atoms with E-state index in [9.17, 15) is 0 Å². The molecular weight excluding hydrogens is 536 g/mol. The van der Waals surface area contributed by atoms with Gasteiger partial charge in [-0.3, -0.25) is 4.98 Å². The van der Waals surface area contributed by atoms with E-state index >= 15 is 0 Å². The fraction of sp³-hybridized carbons (Fsp3) is 0.100. The van der Waals surface area contributed by atoms with Crippen LogP contribution in [-0.2, 0) is 0 Å². The average molecular weight is 567 g/mol. The van der Waals surface area contributed by atoms with Gasteiger partial charge in [-0.25, -0.2) is 4.85 Å². The maximum Gasteiger partial charge on any atom is 0.189 e. The highest BCUT2D eigenvalue weighted by Gasteiger charge is 2.21. The molecule has 0 amide bonds. The topological polar surface area (TPSA) is 27.1 Å². The molecule has 8 rings (SSSR count). The monoisotopic (exact) mass is 566 g/mol. The second-order valence-corrected chi connectivity index (χ2v) is 12.0. The van der Waals surface area contributed by atoms with Crippen molar-refractivity contribution >= 4 is 49.3 Å². The van der Waals surface area contributed by atoms with Crippen molar-refractivity contribution in [1.82, 2.24) is 14.1 Å². The number of fused-ring (bicyclic) bond motifs is 6. The minimum Gasteiger partial charge on any atom is -0.310 e. The van der Waals surface area contributed by atoms with Gasteiger partial charge in [-0.05, 0) is 88.4 Å². The molecule has 0 unspecified atom stereocenters. The fourth-order valence-corrected chi connectivity index (χ4v) is 6.82. The highest BCUT2D eigenvalue weighted by Crippen LogP contribution is 2.42. The molecule has 0 aliphatic carbocycles. The Balaban J connectivity index is 1.49. The summed E-state index contributed by atoms with van der Waals surface area (Å²) >= 11 is 0. The first-order chi connectivity index (χ1) is 21.4. The van der Waals surface area contributed by atoms with Gasteiger partial charge in [0.2, 0.25) is 0 Å². The Morgan fingerprint density at radius 2 is 0.932 bits per heavy atom. The van der Waals surface area contributed by atoms with E-state index in [0.717, 1.165) is 44.6 Å². The van der Waals surface area contributed by atoms with Crippen LogP contribution < -0.4 is 0 Å². The largest absolute Gasteiger partial charge is 0.310 e. The summed E-state index contributed by atoms with van der Waals surface area (Å²) in [5.74, 6) is 0. The van der Waals surface area contributed by atoms with E-state index in [-0.39, 0.29) is 0 Å². The first-order valence-electron chi connectivity index (χ1n) is 14.9. The van der Waals surface area contributed by atoms with Crippen molar-refractivity contribution < 1.29 is 0 Å². The molecule has 0 N–H and O–H groups in total. The van der Waals surface area contributed by atoms with Crippen molar-refractivity contribution in [2.24, 2.45) is 0 Å². The Hall–Kier alpha value is -5.66. The molecule has 0 saturated heterocycles. The van der Waals surface area contributed by atoms with Crippen LogP contribution in [0.4, 0.5) is 5.69 Å².